The van der Waals surface area contributed by atoms with Gasteiger partial charge in [0.05, 0.1) is 0 Å². The molecule has 0 fully saturated rings. The van der Waals surface area contributed by atoms with Crippen molar-refractivity contribution < 1.29 is 0 Å². The summed E-state index contributed by atoms with van der Waals surface area (Å²) in [6.07, 6.45) is 24.0. The van der Waals surface area contributed by atoms with Gasteiger partial charge in [-0.2, -0.15) is 0 Å². The number of hydrogen-bond donors (Lipinski definition) is 0. The maximum atomic E-state index is 2.21. The Labute approximate surface area is 81.4 Å². The molecule has 1 rings (SSSR count). The summed E-state index contributed by atoms with van der Waals surface area (Å²) < 4.78 is 0. The first-order valence-electron chi connectivity index (χ1n) is 4.93. The molecule has 0 bridgehead atoms. The number of allylic oxidation sites excluding steroid dienone is 8. The van der Waals surface area contributed by atoms with Crippen molar-refractivity contribution in [1.82, 2.24) is 0 Å². The topological polar surface area (TPSA) is 0 Å². The first kappa shape index (κ1) is 10.0. The van der Waals surface area contributed by atoms with E-state index in [9.17, 15) is 0 Å². The smallest absolute Gasteiger partial charge is 0.0133 e. The zero-order valence-electron chi connectivity index (χ0n) is 8.02. The molecule has 1 radical (unpaired) electrons. The van der Waals surface area contributed by atoms with E-state index < -0.39 is 0 Å². The maximum absolute atomic E-state index is 2.21. The number of hydrogen-bond acceptors (Lipinski definition) is 0. The van der Waals surface area contributed by atoms with Crippen LogP contribution in [0.2, 0.25) is 0 Å². The van der Waals surface area contributed by atoms with E-state index in [1.165, 1.54) is 0 Å². The van der Waals surface area contributed by atoms with Crippen LogP contribution >= 0.6 is 0 Å². The molecule has 0 amide bonds. The van der Waals surface area contributed by atoms with Gasteiger partial charge in [-0.1, -0.05) is 48.6 Å². The van der Waals surface area contributed by atoms with Crippen molar-refractivity contribution >= 4 is 0 Å². The monoisotopic (exact) mass is 173 g/mol. The first-order valence-corrected chi connectivity index (χ1v) is 4.93. The Bertz CT molecular complexity index is 192. The van der Waals surface area contributed by atoms with Crippen molar-refractivity contribution in [3.8, 4) is 0 Å². The Hall–Kier alpha value is -1.04. The fourth-order valence-corrected chi connectivity index (χ4v) is 1.14. The normalized spacial score (nSPS) is 19.1. The van der Waals surface area contributed by atoms with E-state index in [1.54, 1.807) is 0 Å². The lowest BCUT2D eigenvalue weighted by molar-refractivity contribution is 1.24. The van der Waals surface area contributed by atoms with Gasteiger partial charge in [0, 0.05) is 0 Å². The second-order valence-corrected chi connectivity index (χ2v) is 3.02. The quantitative estimate of drug-likeness (QED) is 0.486. The van der Waals surface area contributed by atoms with Crippen LogP contribution in [-0.2, 0) is 0 Å². The molecule has 0 aromatic carbocycles. The Morgan fingerprint density at radius 1 is 0.462 bits per heavy atom. The van der Waals surface area contributed by atoms with E-state index >= 15 is 0 Å². The van der Waals surface area contributed by atoms with Gasteiger partial charge in [0.25, 0.3) is 0 Å². The van der Waals surface area contributed by atoms with E-state index in [2.05, 4.69) is 55.0 Å². The van der Waals surface area contributed by atoms with Gasteiger partial charge in [-0.25, -0.2) is 0 Å². The molecule has 0 spiro atoms. The zero-order chi connectivity index (χ0) is 9.19. The molecule has 0 heterocycles. The van der Waals surface area contributed by atoms with Crippen molar-refractivity contribution in [2.45, 2.75) is 25.7 Å². The molecular weight excluding hydrogens is 156 g/mol. The van der Waals surface area contributed by atoms with Crippen LogP contribution in [0.5, 0.6) is 0 Å². The highest BCUT2D eigenvalue weighted by atomic mass is 13.9. The molecule has 0 unspecified atom stereocenters. The first-order chi connectivity index (χ1) is 6.50. The van der Waals surface area contributed by atoms with E-state index in [0.717, 1.165) is 25.7 Å². The summed E-state index contributed by atoms with van der Waals surface area (Å²) in [5, 5.41) is 0. The predicted molar refractivity (Wildman–Crippen MR) is 59.3 cm³/mol. The van der Waals surface area contributed by atoms with Gasteiger partial charge in [-0.05, 0) is 32.1 Å². The highest BCUT2D eigenvalue weighted by Crippen LogP contribution is 1.98. The highest BCUT2D eigenvalue weighted by Gasteiger charge is 1.79. The fraction of sp³-hybridized carbons (Fsp3) is 0.308. The van der Waals surface area contributed by atoms with Crippen molar-refractivity contribution in [2.24, 2.45) is 0 Å². The van der Waals surface area contributed by atoms with Gasteiger partial charge in [-0.3, -0.25) is 0 Å². The third-order valence-electron chi connectivity index (χ3n) is 1.86. The molecule has 1 aliphatic carbocycles. The molecule has 0 N–H and O–H groups in total. The van der Waals surface area contributed by atoms with E-state index in [1.807, 2.05) is 0 Å². The Balaban J connectivity index is 2.38. The minimum absolute atomic E-state index is 1.05. The lowest BCUT2D eigenvalue weighted by Crippen LogP contribution is -1.66. The van der Waals surface area contributed by atoms with E-state index in [-0.39, 0.29) is 0 Å². The van der Waals surface area contributed by atoms with Crippen LogP contribution in [0.15, 0.2) is 48.6 Å². The average molecular weight is 173 g/mol. The molecule has 0 aromatic heterocycles. The van der Waals surface area contributed by atoms with Gasteiger partial charge in [0.1, 0.15) is 0 Å². The summed E-state index contributed by atoms with van der Waals surface area (Å²) in [7, 11) is 0. The molecule has 0 saturated carbocycles. The second-order valence-electron chi connectivity index (χ2n) is 3.02. The van der Waals surface area contributed by atoms with E-state index in [4.69, 9.17) is 0 Å². The molecule has 0 saturated heterocycles. The Morgan fingerprint density at radius 3 is 1.54 bits per heavy atom. The van der Waals surface area contributed by atoms with Crippen LogP contribution in [-0.4, -0.2) is 0 Å². The van der Waals surface area contributed by atoms with E-state index in [0.29, 0.717) is 0 Å². The maximum Gasteiger partial charge on any atom is -0.0133 e. The SMILES string of the molecule is [CH]1C=CCC=CCC=CCC=CC1. The third kappa shape index (κ3) is 6.15. The lowest BCUT2D eigenvalue weighted by atomic mass is 10.2. The largest absolute Gasteiger partial charge is 0.0876 e. The van der Waals surface area contributed by atoms with Gasteiger partial charge in [0.15, 0.2) is 0 Å². The van der Waals surface area contributed by atoms with Crippen LogP contribution < -0.4 is 0 Å². The fourth-order valence-electron chi connectivity index (χ4n) is 1.14. The summed E-state index contributed by atoms with van der Waals surface area (Å²) in [4.78, 5) is 0. The van der Waals surface area contributed by atoms with Crippen LogP contribution in [0, 0.1) is 6.42 Å². The van der Waals surface area contributed by atoms with Crippen LogP contribution in [0.3, 0.4) is 0 Å². The zero-order valence-corrected chi connectivity index (χ0v) is 8.02. The van der Waals surface area contributed by atoms with Crippen LogP contribution in [0.4, 0.5) is 0 Å². The molecule has 13 heavy (non-hydrogen) atoms. The standard InChI is InChI=1S/C13H17/c1-2-4-6-8-10-12-13-11-9-7-5-3-1/h1-3,6-9,12-13H,4-5,10-11H2. The molecule has 0 heteroatoms. The molecule has 0 aliphatic heterocycles. The second kappa shape index (κ2) is 7.60. The van der Waals surface area contributed by atoms with Crippen LogP contribution in [0.1, 0.15) is 25.7 Å². The summed E-state index contributed by atoms with van der Waals surface area (Å²) in [6.45, 7) is 0. The van der Waals surface area contributed by atoms with Gasteiger partial charge in [0.2, 0.25) is 0 Å². The van der Waals surface area contributed by atoms with Crippen molar-refractivity contribution in [3.63, 3.8) is 0 Å². The van der Waals surface area contributed by atoms with Gasteiger partial charge in [-0.15, -0.1) is 0 Å². The average Bonchev–Trinajstić information content (AvgIpc) is 2.18. The minimum atomic E-state index is 1.05. The minimum Gasteiger partial charge on any atom is -0.0876 e. The van der Waals surface area contributed by atoms with Gasteiger partial charge < -0.3 is 0 Å². The summed E-state index contributed by atoms with van der Waals surface area (Å²) in [5.74, 6) is 0. The predicted octanol–water partition coefficient (Wildman–Crippen LogP) is 3.99. The lowest BCUT2D eigenvalue weighted by Gasteiger charge is -1.85. The Kier molecular flexibility index (Phi) is 5.87. The molecule has 0 aromatic rings. The van der Waals surface area contributed by atoms with Gasteiger partial charge >= 0.3 is 0 Å². The number of rotatable bonds is 0. The van der Waals surface area contributed by atoms with Crippen molar-refractivity contribution in [3.05, 3.63) is 55.0 Å². The van der Waals surface area contributed by atoms with Crippen molar-refractivity contribution in [2.75, 3.05) is 0 Å². The molecular formula is C13H17. The highest BCUT2D eigenvalue weighted by molar-refractivity contribution is 5.05. The molecule has 1 aliphatic rings. The Morgan fingerprint density at radius 2 is 0.923 bits per heavy atom. The summed E-state index contributed by atoms with van der Waals surface area (Å²) in [6, 6.07) is 0. The summed E-state index contributed by atoms with van der Waals surface area (Å²) >= 11 is 0. The summed E-state index contributed by atoms with van der Waals surface area (Å²) in [5.41, 5.74) is 0. The molecule has 0 nitrogen and oxygen atoms in total. The molecule has 69 valence electrons. The molecule has 0 atom stereocenters. The third-order valence-corrected chi connectivity index (χ3v) is 1.86. The van der Waals surface area contributed by atoms with Crippen molar-refractivity contribution in [1.29, 1.82) is 0 Å². The van der Waals surface area contributed by atoms with Crippen LogP contribution in [0.25, 0.3) is 0 Å².